The Balaban J connectivity index is 1.48. The van der Waals surface area contributed by atoms with Gasteiger partial charge in [0, 0.05) is 50.0 Å². The molecule has 0 atom stereocenters. The van der Waals surface area contributed by atoms with Crippen LogP contribution in [0.25, 0.3) is 10.9 Å². The molecule has 0 saturated heterocycles. The van der Waals surface area contributed by atoms with Gasteiger partial charge < -0.3 is 15.2 Å². The van der Waals surface area contributed by atoms with Gasteiger partial charge in [-0.1, -0.05) is 36.4 Å². The molecule has 3 rings (SSSR count). The van der Waals surface area contributed by atoms with E-state index in [0.717, 1.165) is 19.5 Å². The summed E-state index contributed by atoms with van der Waals surface area (Å²) >= 11 is 0. The van der Waals surface area contributed by atoms with E-state index in [2.05, 4.69) is 44.6 Å². The predicted octanol–water partition coefficient (Wildman–Crippen LogP) is 3.30. The van der Waals surface area contributed by atoms with Crippen molar-refractivity contribution in [3.05, 3.63) is 76.5 Å². The molecule has 0 saturated carbocycles. The summed E-state index contributed by atoms with van der Waals surface area (Å²) in [6, 6.07) is 17.2. The van der Waals surface area contributed by atoms with Crippen molar-refractivity contribution in [3.8, 4) is 0 Å². The third kappa shape index (κ3) is 4.63. The third-order valence-electron chi connectivity index (χ3n) is 4.41. The van der Waals surface area contributed by atoms with E-state index in [1.807, 2.05) is 12.1 Å². The second-order valence-electron chi connectivity index (χ2n) is 6.16. The van der Waals surface area contributed by atoms with Gasteiger partial charge in [0.05, 0.1) is 4.92 Å². The Kier molecular flexibility index (Phi) is 6.04. The summed E-state index contributed by atoms with van der Waals surface area (Å²) in [5.74, 6) is 0.630. The lowest BCUT2D eigenvalue weighted by atomic mass is 10.2. The minimum atomic E-state index is -0.366. The molecule has 2 aromatic carbocycles. The van der Waals surface area contributed by atoms with E-state index in [-0.39, 0.29) is 10.6 Å². The molecular weight excluding hydrogens is 342 g/mol. The zero-order chi connectivity index (χ0) is 19.1. The van der Waals surface area contributed by atoms with Crippen LogP contribution in [0.5, 0.6) is 0 Å². The van der Waals surface area contributed by atoms with Crippen molar-refractivity contribution in [2.45, 2.75) is 19.5 Å². The highest BCUT2D eigenvalue weighted by atomic mass is 16.6. The van der Waals surface area contributed by atoms with Crippen LogP contribution in [0, 0.1) is 10.1 Å². The van der Waals surface area contributed by atoms with Crippen molar-refractivity contribution in [2.75, 3.05) is 13.6 Å². The lowest BCUT2D eigenvalue weighted by Crippen LogP contribution is -2.37. The van der Waals surface area contributed by atoms with Gasteiger partial charge in [0.25, 0.3) is 5.69 Å². The fourth-order valence-corrected chi connectivity index (χ4v) is 3.03. The number of nitro benzene ring substituents is 1. The van der Waals surface area contributed by atoms with Crippen LogP contribution in [0.15, 0.2) is 65.8 Å². The van der Waals surface area contributed by atoms with Gasteiger partial charge in [0.2, 0.25) is 0 Å². The number of para-hydroxylation sites is 2. The summed E-state index contributed by atoms with van der Waals surface area (Å²) in [5.41, 5.74) is 1.97. The molecule has 140 valence electrons. The van der Waals surface area contributed by atoms with Gasteiger partial charge in [0.1, 0.15) is 0 Å². The number of hydrogen-bond donors (Lipinski definition) is 2. The van der Waals surface area contributed by atoms with Crippen LogP contribution in [0.3, 0.4) is 0 Å². The molecule has 0 radical (unpaired) electrons. The number of aliphatic imine (C=N–C) groups is 1. The minimum absolute atomic E-state index is 0.111. The number of hydrogen-bond acceptors (Lipinski definition) is 3. The van der Waals surface area contributed by atoms with Crippen molar-refractivity contribution in [3.63, 3.8) is 0 Å². The van der Waals surface area contributed by atoms with Crippen molar-refractivity contribution in [1.29, 1.82) is 0 Å². The monoisotopic (exact) mass is 365 g/mol. The standard InChI is InChI=1S/C20H23N5O2/c1-21-20(23-15-17-8-3-5-10-19(17)25(26)27)22-12-6-13-24-14-11-16-7-2-4-9-18(16)24/h2-5,7-11,14H,6,12-13,15H2,1H3,(H2,21,22,23). The molecule has 1 heterocycles. The zero-order valence-corrected chi connectivity index (χ0v) is 15.3. The summed E-state index contributed by atoms with van der Waals surface area (Å²) in [6.07, 6.45) is 3.04. The number of aryl methyl sites for hydroxylation is 1. The SMILES string of the molecule is CN=C(NCCCn1ccc2ccccc21)NCc1ccccc1[N+](=O)[O-]. The van der Waals surface area contributed by atoms with Gasteiger partial charge in [0.15, 0.2) is 5.96 Å². The second-order valence-corrected chi connectivity index (χ2v) is 6.16. The van der Waals surface area contributed by atoms with Crippen molar-refractivity contribution >= 4 is 22.5 Å². The maximum atomic E-state index is 11.1. The van der Waals surface area contributed by atoms with E-state index in [1.54, 1.807) is 25.2 Å². The van der Waals surface area contributed by atoms with Crippen LogP contribution in [0.1, 0.15) is 12.0 Å². The van der Waals surface area contributed by atoms with Crippen molar-refractivity contribution < 1.29 is 4.92 Å². The Hall–Kier alpha value is -3.35. The number of aromatic nitrogens is 1. The highest BCUT2D eigenvalue weighted by Crippen LogP contribution is 2.17. The summed E-state index contributed by atoms with van der Waals surface area (Å²) in [7, 11) is 1.69. The minimum Gasteiger partial charge on any atom is -0.356 e. The Morgan fingerprint density at radius 2 is 1.89 bits per heavy atom. The fraction of sp³-hybridized carbons (Fsp3) is 0.250. The van der Waals surface area contributed by atoms with E-state index >= 15 is 0 Å². The molecule has 7 nitrogen and oxygen atoms in total. The Morgan fingerprint density at radius 1 is 1.11 bits per heavy atom. The topological polar surface area (TPSA) is 84.5 Å². The summed E-state index contributed by atoms with van der Waals surface area (Å²) < 4.78 is 2.24. The van der Waals surface area contributed by atoms with Crippen LogP contribution in [0.4, 0.5) is 5.69 Å². The number of nitrogens with zero attached hydrogens (tertiary/aromatic N) is 3. The quantitative estimate of drug-likeness (QED) is 0.221. The molecule has 0 aliphatic rings. The van der Waals surface area contributed by atoms with E-state index < -0.39 is 0 Å². The van der Waals surface area contributed by atoms with Crippen LogP contribution < -0.4 is 10.6 Å². The second kappa shape index (κ2) is 8.84. The highest BCUT2D eigenvalue weighted by Gasteiger charge is 2.12. The molecule has 7 heteroatoms. The molecule has 0 bridgehead atoms. The van der Waals surface area contributed by atoms with Crippen molar-refractivity contribution in [1.82, 2.24) is 15.2 Å². The molecule has 0 amide bonds. The van der Waals surface area contributed by atoms with Gasteiger partial charge >= 0.3 is 0 Å². The van der Waals surface area contributed by atoms with Crippen LogP contribution >= 0.6 is 0 Å². The lowest BCUT2D eigenvalue weighted by molar-refractivity contribution is -0.385. The van der Waals surface area contributed by atoms with Gasteiger partial charge in [-0.25, -0.2) is 0 Å². The molecule has 27 heavy (non-hydrogen) atoms. The summed E-state index contributed by atoms with van der Waals surface area (Å²) in [6.45, 7) is 2.00. The molecule has 2 N–H and O–H groups in total. The average molecular weight is 365 g/mol. The maximum absolute atomic E-state index is 11.1. The van der Waals surface area contributed by atoms with Gasteiger partial charge in [-0.3, -0.25) is 15.1 Å². The first kappa shape index (κ1) is 18.4. The van der Waals surface area contributed by atoms with Crippen molar-refractivity contribution in [2.24, 2.45) is 4.99 Å². The first-order chi connectivity index (χ1) is 13.2. The van der Waals surface area contributed by atoms with Crippen LogP contribution in [-0.4, -0.2) is 29.0 Å². The van der Waals surface area contributed by atoms with Gasteiger partial charge in [-0.05, 0) is 23.9 Å². The number of nitrogens with one attached hydrogen (secondary N) is 2. The Labute approximate surface area is 157 Å². The molecule has 0 aliphatic carbocycles. The van der Waals surface area contributed by atoms with E-state index in [1.165, 1.54) is 17.0 Å². The highest BCUT2D eigenvalue weighted by molar-refractivity contribution is 5.80. The molecule has 0 fully saturated rings. The number of benzene rings is 2. The van der Waals surface area contributed by atoms with Crippen LogP contribution in [0.2, 0.25) is 0 Å². The first-order valence-electron chi connectivity index (χ1n) is 8.89. The summed E-state index contributed by atoms with van der Waals surface area (Å²) in [4.78, 5) is 14.9. The van der Waals surface area contributed by atoms with E-state index in [9.17, 15) is 10.1 Å². The molecule has 3 aromatic rings. The number of nitro groups is 1. The van der Waals surface area contributed by atoms with E-state index in [4.69, 9.17) is 0 Å². The Morgan fingerprint density at radius 3 is 2.70 bits per heavy atom. The molecule has 0 unspecified atom stereocenters. The third-order valence-corrected chi connectivity index (χ3v) is 4.41. The van der Waals surface area contributed by atoms with E-state index in [0.29, 0.717) is 18.1 Å². The number of fused-ring (bicyclic) bond motifs is 1. The smallest absolute Gasteiger partial charge is 0.274 e. The largest absolute Gasteiger partial charge is 0.356 e. The molecule has 1 aromatic heterocycles. The maximum Gasteiger partial charge on any atom is 0.274 e. The average Bonchev–Trinajstić information content (AvgIpc) is 3.11. The molecule has 0 spiro atoms. The normalized spacial score (nSPS) is 11.5. The Bertz CT molecular complexity index is 948. The zero-order valence-electron chi connectivity index (χ0n) is 15.3. The van der Waals surface area contributed by atoms with Gasteiger partial charge in [-0.2, -0.15) is 0 Å². The van der Waals surface area contributed by atoms with Crippen LogP contribution in [-0.2, 0) is 13.1 Å². The number of guanidine groups is 1. The predicted molar refractivity (Wildman–Crippen MR) is 108 cm³/mol. The molecular formula is C20H23N5O2. The lowest BCUT2D eigenvalue weighted by Gasteiger charge is -2.12. The first-order valence-corrected chi connectivity index (χ1v) is 8.89. The fourth-order valence-electron chi connectivity index (χ4n) is 3.03. The van der Waals surface area contributed by atoms with Gasteiger partial charge in [-0.15, -0.1) is 0 Å². The number of rotatable bonds is 7. The molecule has 0 aliphatic heterocycles. The summed E-state index contributed by atoms with van der Waals surface area (Å²) in [5, 5.41) is 18.7.